The van der Waals surface area contributed by atoms with Gasteiger partial charge in [0.1, 0.15) is 0 Å². The Bertz CT molecular complexity index is 417. The fraction of sp³-hybridized carbons (Fsp3) is 0. The number of pyridine rings is 1. The van der Waals surface area contributed by atoms with Gasteiger partial charge in [0, 0.05) is 16.7 Å². The van der Waals surface area contributed by atoms with E-state index in [0.717, 1.165) is 6.08 Å². The highest BCUT2D eigenvalue weighted by molar-refractivity contribution is 9.10. The van der Waals surface area contributed by atoms with E-state index in [1.165, 1.54) is 12.3 Å². The van der Waals surface area contributed by atoms with Crippen molar-refractivity contribution in [2.24, 2.45) is 0 Å². The molecule has 5 nitrogen and oxygen atoms in total. The van der Waals surface area contributed by atoms with E-state index in [2.05, 4.69) is 27.5 Å². The Morgan fingerprint density at radius 3 is 2.86 bits per heavy atom. The van der Waals surface area contributed by atoms with Crippen LogP contribution in [-0.2, 0) is 0 Å². The highest BCUT2D eigenvalue weighted by Crippen LogP contribution is 2.21. The molecule has 14 heavy (non-hydrogen) atoms. The van der Waals surface area contributed by atoms with Gasteiger partial charge in [-0.05, 0) is 22.0 Å². The summed E-state index contributed by atoms with van der Waals surface area (Å²) >= 11 is 3.03. The quantitative estimate of drug-likeness (QED) is 0.360. The molecule has 1 aromatic rings. The first kappa shape index (κ1) is 10.5. The Balaban J connectivity index is 3.35. The summed E-state index contributed by atoms with van der Waals surface area (Å²) in [5.41, 5.74) is -0.530. The second-order valence-electron chi connectivity index (χ2n) is 2.35. The summed E-state index contributed by atoms with van der Waals surface area (Å²) in [6.45, 7) is 3.24. The number of hydrogen-bond donors (Lipinski definition) is 0. The van der Waals surface area contributed by atoms with Gasteiger partial charge >= 0.3 is 0 Å². The van der Waals surface area contributed by atoms with Gasteiger partial charge in [0.05, 0.1) is 4.92 Å². The molecule has 1 rings (SSSR count). The zero-order valence-electron chi connectivity index (χ0n) is 6.94. The molecule has 72 valence electrons. The number of ketones is 1. The van der Waals surface area contributed by atoms with Crippen LogP contribution in [0.25, 0.3) is 0 Å². The molecular formula is C8H5BrN2O3. The van der Waals surface area contributed by atoms with Gasteiger partial charge in [-0.3, -0.25) is 14.9 Å². The molecular weight excluding hydrogens is 252 g/mol. The second-order valence-corrected chi connectivity index (χ2v) is 3.26. The van der Waals surface area contributed by atoms with Crippen molar-refractivity contribution >= 4 is 27.4 Å². The Hall–Kier alpha value is -1.56. The number of nitro groups is 1. The molecule has 1 heterocycles. The molecule has 1 aromatic heterocycles. The molecule has 0 radical (unpaired) electrons. The highest BCUT2D eigenvalue weighted by Gasteiger charge is 2.19. The van der Waals surface area contributed by atoms with Crippen molar-refractivity contribution in [1.82, 2.24) is 4.98 Å². The molecule has 0 saturated carbocycles. The molecule has 0 spiro atoms. The van der Waals surface area contributed by atoms with Gasteiger partial charge < -0.3 is 0 Å². The van der Waals surface area contributed by atoms with E-state index in [1.807, 2.05) is 0 Å². The molecule has 0 unspecified atom stereocenters. The van der Waals surface area contributed by atoms with Crippen molar-refractivity contribution in [2.45, 2.75) is 0 Å². The van der Waals surface area contributed by atoms with Crippen molar-refractivity contribution in [1.29, 1.82) is 0 Å². The van der Waals surface area contributed by atoms with Gasteiger partial charge in [0.25, 0.3) is 5.69 Å². The van der Waals surface area contributed by atoms with Gasteiger partial charge in [-0.25, -0.2) is 4.98 Å². The molecule has 0 fully saturated rings. The van der Waals surface area contributed by atoms with Crippen LogP contribution < -0.4 is 0 Å². The number of rotatable bonds is 3. The van der Waals surface area contributed by atoms with Crippen LogP contribution >= 0.6 is 15.9 Å². The SMILES string of the molecule is C=CC(=O)c1ncc(Br)cc1[N+](=O)[O-]. The van der Waals surface area contributed by atoms with Gasteiger partial charge in [-0.15, -0.1) is 0 Å². The smallest absolute Gasteiger partial charge is 0.287 e. The first-order valence-corrected chi connectivity index (χ1v) is 4.32. The van der Waals surface area contributed by atoms with E-state index >= 15 is 0 Å². The molecule has 0 aliphatic rings. The van der Waals surface area contributed by atoms with E-state index in [-0.39, 0.29) is 11.4 Å². The summed E-state index contributed by atoms with van der Waals surface area (Å²) in [6.07, 6.45) is 2.31. The lowest BCUT2D eigenvalue weighted by atomic mass is 10.2. The lowest BCUT2D eigenvalue weighted by molar-refractivity contribution is -0.385. The first-order valence-electron chi connectivity index (χ1n) is 3.53. The van der Waals surface area contributed by atoms with Crippen LogP contribution in [0.15, 0.2) is 29.4 Å². The third-order valence-corrected chi connectivity index (χ3v) is 1.88. The van der Waals surface area contributed by atoms with E-state index in [9.17, 15) is 14.9 Å². The van der Waals surface area contributed by atoms with E-state index in [4.69, 9.17) is 0 Å². The third-order valence-electron chi connectivity index (χ3n) is 1.45. The predicted molar refractivity (Wildman–Crippen MR) is 53.1 cm³/mol. The van der Waals surface area contributed by atoms with E-state index in [0.29, 0.717) is 4.47 Å². The monoisotopic (exact) mass is 256 g/mol. The number of nitrogens with zero attached hydrogens (tertiary/aromatic N) is 2. The number of aromatic nitrogens is 1. The second kappa shape index (κ2) is 4.10. The molecule has 0 aliphatic carbocycles. The molecule has 0 aliphatic heterocycles. The zero-order chi connectivity index (χ0) is 10.7. The molecule has 0 saturated heterocycles. The van der Waals surface area contributed by atoms with Crippen molar-refractivity contribution < 1.29 is 9.72 Å². The maximum Gasteiger partial charge on any atom is 0.300 e. The van der Waals surface area contributed by atoms with Crippen LogP contribution in [0.3, 0.4) is 0 Å². The number of carbonyl (C=O) groups is 1. The molecule has 0 bridgehead atoms. The van der Waals surface area contributed by atoms with Crippen LogP contribution in [0.2, 0.25) is 0 Å². The lowest BCUT2D eigenvalue weighted by Gasteiger charge is -1.97. The Kier molecular flexibility index (Phi) is 3.08. The summed E-state index contributed by atoms with van der Waals surface area (Å²) in [5, 5.41) is 10.6. The van der Waals surface area contributed by atoms with Gasteiger partial charge in [-0.1, -0.05) is 6.58 Å². The average molecular weight is 257 g/mol. The maximum atomic E-state index is 11.1. The Labute approximate surface area is 87.7 Å². The summed E-state index contributed by atoms with van der Waals surface area (Å²) in [5.74, 6) is -0.566. The van der Waals surface area contributed by atoms with Gasteiger partial charge in [0.15, 0.2) is 5.69 Å². The van der Waals surface area contributed by atoms with Crippen LogP contribution in [0.4, 0.5) is 5.69 Å². The molecule has 0 amide bonds. The number of halogens is 1. The summed E-state index contributed by atoms with van der Waals surface area (Å²) in [6, 6.07) is 1.23. The van der Waals surface area contributed by atoms with Crippen LogP contribution in [-0.4, -0.2) is 15.7 Å². The average Bonchev–Trinajstić information content (AvgIpc) is 2.16. The minimum absolute atomic E-state index is 0.201. The molecule has 6 heteroatoms. The normalized spacial score (nSPS) is 9.50. The first-order chi connectivity index (χ1) is 6.56. The van der Waals surface area contributed by atoms with Crippen molar-refractivity contribution in [3.05, 3.63) is 45.2 Å². The van der Waals surface area contributed by atoms with Crippen molar-refractivity contribution in [3.63, 3.8) is 0 Å². The van der Waals surface area contributed by atoms with Crippen LogP contribution in [0, 0.1) is 10.1 Å². The van der Waals surface area contributed by atoms with E-state index in [1.54, 1.807) is 0 Å². The fourth-order valence-corrected chi connectivity index (χ4v) is 1.17. The molecule has 0 aromatic carbocycles. The lowest BCUT2D eigenvalue weighted by Crippen LogP contribution is -2.03. The van der Waals surface area contributed by atoms with Gasteiger partial charge in [-0.2, -0.15) is 0 Å². The molecule has 0 N–H and O–H groups in total. The highest BCUT2D eigenvalue weighted by atomic mass is 79.9. The summed E-state index contributed by atoms with van der Waals surface area (Å²) < 4.78 is 0.449. The number of carbonyl (C=O) groups excluding carboxylic acids is 1. The minimum atomic E-state index is -0.658. The fourth-order valence-electron chi connectivity index (χ4n) is 0.854. The maximum absolute atomic E-state index is 11.1. The standard InChI is InChI=1S/C8H5BrN2O3/c1-2-7(12)8-6(11(13)14)3-5(9)4-10-8/h2-4H,1H2. The Morgan fingerprint density at radius 1 is 1.71 bits per heavy atom. The van der Waals surface area contributed by atoms with Crippen molar-refractivity contribution in [3.8, 4) is 0 Å². The largest absolute Gasteiger partial charge is 0.300 e. The topological polar surface area (TPSA) is 73.1 Å². The minimum Gasteiger partial charge on any atom is -0.287 e. The zero-order valence-corrected chi connectivity index (χ0v) is 8.52. The van der Waals surface area contributed by atoms with E-state index < -0.39 is 10.7 Å². The Morgan fingerprint density at radius 2 is 2.36 bits per heavy atom. The molecule has 0 atom stereocenters. The van der Waals surface area contributed by atoms with Gasteiger partial charge in [0.2, 0.25) is 5.78 Å². The predicted octanol–water partition coefficient (Wildman–Crippen LogP) is 2.12. The number of hydrogen-bond acceptors (Lipinski definition) is 4. The van der Waals surface area contributed by atoms with Crippen LogP contribution in [0.5, 0.6) is 0 Å². The summed E-state index contributed by atoms with van der Waals surface area (Å²) in [4.78, 5) is 24.7. The third kappa shape index (κ3) is 2.02. The van der Waals surface area contributed by atoms with Crippen LogP contribution in [0.1, 0.15) is 10.5 Å². The van der Waals surface area contributed by atoms with Crippen molar-refractivity contribution in [2.75, 3.05) is 0 Å². The summed E-state index contributed by atoms with van der Waals surface area (Å²) in [7, 11) is 0. The number of allylic oxidation sites excluding steroid dienone is 1.